The van der Waals surface area contributed by atoms with E-state index in [1.807, 2.05) is 0 Å². The molecule has 1 aliphatic rings. The highest BCUT2D eigenvalue weighted by molar-refractivity contribution is 7.89. The second kappa shape index (κ2) is 9.79. The molecule has 1 aliphatic heterocycles. The summed E-state index contributed by atoms with van der Waals surface area (Å²) in [6.07, 6.45) is -0.396. The number of halogens is 1. The molecule has 1 heterocycles. The number of hydrogen-bond acceptors (Lipinski definition) is 5. The first kappa shape index (κ1) is 21.9. The highest BCUT2D eigenvalue weighted by Gasteiger charge is 2.34. The summed E-state index contributed by atoms with van der Waals surface area (Å²) in [6, 6.07) is 13.4. The molecule has 8 nitrogen and oxygen atoms in total. The van der Waals surface area contributed by atoms with E-state index in [0.29, 0.717) is 18.6 Å². The summed E-state index contributed by atoms with van der Waals surface area (Å²) in [5, 5.41) is 4.84. The van der Waals surface area contributed by atoms with Gasteiger partial charge in [0, 0.05) is 13.1 Å². The predicted octanol–water partition coefficient (Wildman–Crippen LogP) is 0.995. The molecule has 2 aromatic carbocycles. The van der Waals surface area contributed by atoms with Crippen LogP contribution in [0.1, 0.15) is 12.0 Å². The number of ether oxygens (including phenoxy) is 1. The summed E-state index contributed by atoms with van der Waals surface area (Å²) in [6.45, 7) is 0.475. The van der Waals surface area contributed by atoms with Crippen LogP contribution in [0.2, 0.25) is 0 Å². The number of hydrogen-bond donors (Lipinski definition) is 2. The van der Waals surface area contributed by atoms with Crippen LogP contribution in [0, 0.1) is 5.82 Å². The summed E-state index contributed by atoms with van der Waals surface area (Å²) in [5.41, 5.74) is 0.633. The molecule has 2 N–H and O–H groups in total. The molecule has 30 heavy (non-hydrogen) atoms. The molecule has 0 bridgehead atoms. The van der Waals surface area contributed by atoms with E-state index in [9.17, 15) is 22.4 Å². The number of carbonyl (C=O) groups is 2. The average molecular weight is 435 g/mol. The maximum absolute atomic E-state index is 12.9. The smallest absolute Gasteiger partial charge is 0.309 e. The highest BCUT2D eigenvalue weighted by atomic mass is 32.2. The van der Waals surface area contributed by atoms with Crippen LogP contribution in [0.25, 0.3) is 0 Å². The Morgan fingerprint density at radius 3 is 2.40 bits per heavy atom. The molecule has 1 atom stereocenters. The SMILES string of the molecule is O=C(NCc1ccc(F)cc1)C(=O)NC[C@@H]1OCCCN1S(=O)(=O)c1ccccc1. The third kappa shape index (κ3) is 5.41. The van der Waals surface area contributed by atoms with Crippen LogP contribution in [0.4, 0.5) is 4.39 Å². The zero-order valence-electron chi connectivity index (χ0n) is 16.1. The number of nitrogens with zero attached hydrogens (tertiary/aromatic N) is 1. The molecule has 1 fully saturated rings. The Balaban J connectivity index is 1.56. The number of sulfonamides is 1. The maximum atomic E-state index is 12.9. The Kier molecular flexibility index (Phi) is 7.14. The summed E-state index contributed by atoms with van der Waals surface area (Å²) in [7, 11) is -3.80. The summed E-state index contributed by atoms with van der Waals surface area (Å²) in [5.74, 6) is -2.19. The first-order valence-electron chi connectivity index (χ1n) is 9.37. The number of nitrogens with one attached hydrogen (secondary N) is 2. The van der Waals surface area contributed by atoms with Gasteiger partial charge in [-0.25, -0.2) is 12.8 Å². The largest absolute Gasteiger partial charge is 0.360 e. The van der Waals surface area contributed by atoms with E-state index in [4.69, 9.17) is 4.74 Å². The van der Waals surface area contributed by atoms with E-state index in [2.05, 4.69) is 10.6 Å². The van der Waals surface area contributed by atoms with E-state index >= 15 is 0 Å². The first-order chi connectivity index (χ1) is 14.4. The molecule has 0 aliphatic carbocycles. The molecule has 2 amide bonds. The van der Waals surface area contributed by atoms with Crippen molar-refractivity contribution < 1.29 is 27.1 Å². The Bertz CT molecular complexity index is 983. The van der Waals surface area contributed by atoms with Gasteiger partial charge in [0.25, 0.3) is 0 Å². The lowest BCUT2D eigenvalue weighted by molar-refractivity contribution is -0.140. The second-order valence-electron chi connectivity index (χ2n) is 6.63. The normalized spacial score (nSPS) is 17.3. The zero-order valence-corrected chi connectivity index (χ0v) is 16.9. The minimum Gasteiger partial charge on any atom is -0.360 e. The Morgan fingerprint density at radius 1 is 1.03 bits per heavy atom. The fourth-order valence-electron chi connectivity index (χ4n) is 2.96. The van der Waals surface area contributed by atoms with Crippen LogP contribution in [0.3, 0.4) is 0 Å². The lowest BCUT2D eigenvalue weighted by atomic mass is 10.2. The topological polar surface area (TPSA) is 105 Å². The molecular formula is C20H22FN3O5S. The van der Waals surface area contributed by atoms with E-state index in [-0.39, 0.29) is 24.5 Å². The standard InChI is InChI=1S/C20H22FN3O5S/c21-16-9-7-15(8-10-16)13-22-19(25)20(26)23-14-18-24(11-4-12-29-18)30(27,28)17-5-2-1-3-6-17/h1-3,5-10,18H,4,11-14H2,(H,22,25)(H,23,26)/t18-/m0/s1. The van der Waals surface area contributed by atoms with Gasteiger partial charge in [-0.1, -0.05) is 30.3 Å². The molecule has 0 unspecified atom stereocenters. The van der Waals surface area contributed by atoms with Crippen molar-refractivity contribution >= 4 is 21.8 Å². The number of rotatable bonds is 6. The van der Waals surface area contributed by atoms with Gasteiger partial charge >= 0.3 is 11.8 Å². The van der Waals surface area contributed by atoms with Crippen LogP contribution in [0.5, 0.6) is 0 Å². The molecule has 10 heteroatoms. The van der Waals surface area contributed by atoms with Gasteiger partial charge in [0.05, 0.1) is 18.0 Å². The lowest BCUT2D eigenvalue weighted by Crippen LogP contribution is -2.53. The van der Waals surface area contributed by atoms with Gasteiger partial charge in [-0.2, -0.15) is 4.31 Å². The van der Waals surface area contributed by atoms with Crippen molar-refractivity contribution in [1.82, 2.24) is 14.9 Å². The zero-order chi connectivity index (χ0) is 21.6. The third-order valence-corrected chi connectivity index (χ3v) is 6.42. The summed E-state index contributed by atoms with van der Waals surface area (Å²) < 4.78 is 45.4. The molecule has 160 valence electrons. The fraction of sp³-hybridized carbons (Fsp3) is 0.300. The van der Waals surface area contributed by atoms with Crippen LogP contribution >= 0.6 is 0 Å². The molecule has 0 spiro atoms. The predicted molar refractivity (Wildman–Crippen MR) is 106 cm³/mol. The van der Waals surface area contributed by atoms with Crippen molar-refractivity contribution in [2.24, 2.45) is 0 Å². The minimum atomic E-state index is -3.80. The van der Waals surface area contributed by atoms with Gasteiger partial charge in [-0.3, -0.25) is 9.59 Å². The second-order valence-corrected chi connectivity index (χ2v) is 8.52. The Hall–Kier alpha value is -2.82. The fourth-order valence-corrected chi connectivity index (χ4v) is 4.54. The van der Waals surface area contributed by atoms with Crippen molar-refractivity contribution in [3.63, 3.8) is 0 Å². The Morgan fingerprint density at radius 2 is 1.70 bits per heavy atom. The van der Waals surface area contributed by atoms with Gasteiger partial charge in [0.15, 0.2) is 0 Å². The number of amides is 2. The first-order valence-corrected chi connectivity index (χ1v) is 10.8. The van der Waals surface area contributed by atoms with E-state index in [1.165, 1.54) is 40.7 Å². The molecule has 0 aromatic heterocycles. The molecule has 0 radical (unpaired) electrons. The maximum Gasteiger partial charge on any atom is 0.309 e. The van der Waals surface area contributed by atoms with Crippen LogP contribution in [0.15, 0.2) is 59.5 Å². The lowest BCUT2D eigenvalue weighted by Gasteiger charge is -2.34. The molecule has 3 rings (SSSR count). The molecule has 2 aromatic rings. The van der Waals surface area contributed by atoms with Gasteiger partial charge < -0.3 is 15.4 Å². The van der Waals surface area contributed by atoms with Gasteiger partial charge in [0.2, 0.25) is 10.0 Å². The van der Waals surface area contributed by atoms with Gasteiger partial charge in [0.1, 0.15) is 12.0 Å². The van der Waals surface area contributed by atoms with Crippen molar-refractivity contribution in [3.8, 4) is 0 Å². The minimum absolute atomic E-state index is 0.0565. The third-order valence-electron chi connectivity index (χ3n) is 4.51. The van der Waals surface area contributed by atoms with Crippen molar-refractivity contribution in [1.29, 1.82) is 0 Å². The van der Waals surface area contributed by atoms with Crippen molar-refractivity contribution in [2.45, 2.75) is 24.1 Å². The van der Waals surface area contributed by atoms with E-state index in [1.54, 1.807) is 18.2 Å². The molecular weight excluding hydrogens is 413 g/mol. The average Bonchev–Trinajstić information content (AvgIpc) is 2.77. The van der Waals surface area contributed by atoms with Crippen molar-refractivity contribution in [3.05, 3.63) is 66.0 Å². The van der Waals surface area contributed by atoms with Gasteiger partial charge in [-0.05, 0) is 36.2 Å². The molecule has 0 saturated carbocycles. The highest BCUT2D eigenvalue weighted by Crippen LogP contribution is 2.21. The number of benzene rings is 2. The van der Waals surface area contributed by atoms with E-state index in [0.717, 1.165) is 0 Å². The van der Waals surface area contributed by atoms with Crippen molar-refractivity contribution in [2.75, 3.05) is 19.7 Å². The van der Waals surface area contributed by atoms with Crippen LogP contribution in [-0.4, -0.2) is 50.5 Å². The quantitative estimate of drug-likeness (QED) is 0.659. The summed E-state index contributed by atoms with van der Waals surface area (Å²) >= 11 is 0. The Labute approximate surface area is 174 Å². The molecule has 1 saturated heterocycles. The van der Waals surface area contributed by atoms with Gasteiger partial charge in [-0.15, -0.1) is 0 Å². The summed E-state index contributed by atoms with van der Waals surface area (Å²) in [4.78, 5) is 24.2. The van der Waals surface area contributed by atoms with Crippen LogP contribution in [-0.2, 0) is 30.9 Å². The number of carbonyl (C=O) groups excluding carboxylic acids is 2. The van der Waals surface area contributed by atoms with Crippen LogP contribution < -0.4 is 10.6 Å². The monoisotopic (exact) mass is 435 g/mol. The van der Waals surface area contributed by atoms with E-state index < -0.39 is 33.9 Å².